The van der Waals surface area contributed by atoms with E-state index in [4.69, 9.17) is 0 Å². The Hall–Kier alpha value is -2.44. The molecule has 1 fully saturated rings. The van der Waals surface area contributed by atoms with Crippen LogP contribution in [0.15, 0.2) is 85.5 Å². The molecule has 2 aromatic heterocycles. The maximum Gasteiger partial charge on any atom is 0.111 e. The summed E-state index contributed by atoms with van der Waals surface area (Å²) in [6, 6.07) is 21.5. The van der Waals surface area contributed by atoms with Gasteiger partial charge in [-0.2, -0.15) is 10.2 Å². The van der Waals surface area contributed by atoms with Crippen LogP contribution in [-0.2, 0) is 4.08 Å². The van der Waals surface area contributed by atoms with Gasteiger partial charge in [-0.25, -0.2) is 9.36 Å². The van der Waals surface area contributed by atoms with E-state index in [0.29, 0.717) is 0 Å². The summed E-state index contributed by atoms with van der Waals surface area (Å²) in [4.78, 5) is 0. The smallest absolute Gasteiger partial charge is 0.111 e. The highest BCUT2D eigenvalue weighted by molar-refractivity contribution is 8.18. The molecule has 0 aliphatic carbocycles. The molecule has 0 spiro atoms. The molecular formula is C22H20N4S2. The van der Waals surface area contributed by atoms with Crippen LogP contribution < -0.4 is 0 Å². The van der Waals surface area contributed by atoms with Gasteiger partial charge in [-0.3, -0.25) is 0 Å². The Labute approximate surface area is 173 Å². The van der Waals surface area contributed by atoms with Crippen LogP contribution >= 0.6 is 23.5 Å². The van der Waals surface area contributed by atoms with Crippen molar-refractivity contribution in [3.8, 4) is 11.4 Å². The summed E-state index contributed by atoms with van der Waals surface area (Å²) in [5, 5.41) is 8.82. The van der Waals surface area contributed by atoms with Crippen LogP contribution in [0.25, 0.3) is 11.4 Å². The van der Waals surface area contributed by atoms with Crippen molar-refractivity contribution in [2.75, 3.05) is 11.5 Å². The lowest BCUT2D eigenvalue weighted by Gasteiger charge is -2.37. The molecule has 28 heavy (non-hydrogen) atoms. The molecule has 1 aliphatic rings. The van der Waals surface area contributed by atoms with E-state index in [1.54, 1.807) is 0 Å². The molecule has 4 nitrogen and oxygen atoms in total. The van der Waals surface area contributed by atoms with Crippen molar-refractivity contribution < 1.29 is 0 Å². The van der Waals surface area contributed by atoms with Gasteiger partial charge in [0.05, 0.1) is 11.4 Å². The molecule has 6 heteroatoms. The van der Waals surface area contributed by atoms with Gasteiger partial charge in [-0.15, -0.1) is 23.5 Å². The van der Waals surface area contributed by atoms with Gasteiger partial charge in [0.2, 0.25) is 0 Å². The highest BCUT2D eigenvalue weighted by Gasteiger charge is 2.38. The summed E-state index contributed by atoms with van der Waals surface area (Å²) in [5.74, 6) is 2.32. The normalized spacial score (nSPS) is 16.1. The van der Waals surface area contributed by atoms with Crippen molar-refractivity contribution >= 4 is 23.5 Å². The van der Waals surface area contributed by atoms with E-state index >= 15 is 0 Å². The molecule has 0 saturated carbocycles. The number of rotatable bonds is 4. The summed E-state index contributed by atoms with van der Waals surface area (Å²) in [6.07, 6.45) is 8.87. The lowest BCUT2D eigenvalue weighted by atomic mass is 10.0. The number of hydrogen-bond acceptors (Lipinski definition) is 4. The minimum Gasteiger partial charge on any atom is -0.241 e. The minimum atomic E-state index is -0.120. The highest BCUT2D eigenvalue weighted by atomic mass is 32.2. The summed E-state index contributed by atoms with van der Waals surface area (Å²) < 4.78 is 3.73. The van der Waals surface area contributed by atoms with Crippen molar-refractivity contribution in [1.29, 1.82) is 0 Å². The number of thioether (sulfide) groups is 2. The van der Waals surface area contributed by atoms with Crippen molar-refractivity contribution in [3.63, 3.8) is 0 Å². The molecule has 1 saturated heterocycles. The van der Waals surface area contributed by atoms with Gasteiger partial charge in [-0.1, -0.05) is 24.3 Å². The monoisotopic (exact) mass is 404 g/mol. The lowest BCUT2D eigenvalue weighted by Crippen LogP contribution is -2.24. The fourth-order valence-electron chi connectivity index (χ4n) is 3.58. The SMILES string of the molecule is c1cc(-n2cccn2)cc(C2(c3cccc(-n4cccn4)c3)SCCCS2)c1. The molecule has 0 radical (unpaired) electrons. The van der Waals surface area contributed by atoms with Crippen molar-refractivity contribution in [2.24, 2.45) is 0 Å². The predicted molar refractivity (Wildman–Crippen MR) is 117 cm³/mol. The van der Waals surface area contributed by atoms with E-state index in [-0.39, 0.29) is 4.08 Å². The second-order valence-electron chi connectivity index (χ2n) is 6.67. The van der Waals surface area contributed by atoms with Crippen LogP contribution in [0.1, 0.15) is 17.5 Å². The van der Waals surface area contributed by atoms with Gasteiger partial charge in [0, 0.05) is 24.8 Å². The fourth-order valence-corrected chi connectivity index (χ4v) is 6.92. The number of hydrogen-bond donors (Lipinski definition) is 0. The first-order valence-electron chi connectivity index (χ1n) is 9.34. The highest BCUT2D eigenvalue weighted by Crippen LogP contribution is 2.55. The van der Waals surface area contributed by atoms with E-state index in [2.05, 4.69) is 58.7 Å². The third-order valence-corrected chi connectivity index (χ3v) is 8.34. The van der Waals surface area contributed by atoms with Crippen LogP contribution in [-0.4, -0.2) is 31.1 Å². The number of aromatic nitrogens is 4. The Bertz CT molecular complexity index is 972. The molecule has 4 aromatic rings. The molecule has 3 heterocycles. The molecule has 0 N–H and O–H groups in total. The zero-order valence-corrected chi connectivity index (χ0v) is 16.9. The fraction of sp³-hybridized carbons (Fsp3) is 0.182. The van der Waals surface area contributed by atoms with Crippen LogP contribution in [0.4, 0.5) is 0 Å². The van der Waals surface area contributed by atoms with E-state index in [0.717, 1.165) is 22.9 Å². The van der Waals surface area contributed by atoms with Gasteiger partial charge < -0.3 is 0 Å². The molecular weight excluding hydrogens is 384 g/mol. The minimum absolute atomic E-state index is 0.120. The molecule has 0 bridgehead atoms. The van der Waals surface area contributed by atoms with Gasteiger partial charge in [0.1, 0.15) is 4.08 Å². The van der Waals surface area contributed by atoms with Crippen molar-refractivity contribution in [1.82, 2.24) is 19.6 Å². The third kappa shape index (κ3) is 3.16. The Balaban J connectivity index is 1.63. The molecule has 0 amide bonds. The van der Waals surface area contributed by atoms with Crippen molar-refractivity contribution in [3.05, 3.63) is 96.6 Å². The first-order chi connectivity index (χ1) is 13.9. The van der Waals surface area contributed by atoms with Crippen LogP contribution in [0.2, 0.25) is 0 Å². The third-order valence-electron chi connectivity index (χ3n) is 4.89. The molecule has 0 unspecified atom stereocenters. The predicted octanol–water partition coefficient (Wildman–Crippen LogP) is 5.13. The van der Waals surface area contributed by atoms with Gasteiger partial charge in [-0.05, 0) is 65.5 Å². The average molecular weight is 405 g/mol. The maximum absolute atomic E-state index is 4.41. The zero-order valence-electron chi connectivity index (χ0n) is 15.3. The van der Waals surface area contributed by atoms with Crippen LogP contribution in [0.3, 0.4) is 0 Å². The first-order valence-corrected chi connectivity index (χ1v) is 11.3. The van der Waals surface area contributed by atoms with E-state index in [1.165, 1.54) is 17.5 Å². The summed E-state index contributed by atoms with van der Waals surface area (Å²) in [6.45, 7) is 0. The summed E-state index contributed by atoms with van der Waals surface area (Å²) in [7, 11) is 0. The van der Waals surface area contributed by atoms with Crippen molar-refractivity contribution in [2.45, 2.75) is 10.5 Å². The second kappa shape index (κ2) is 7.53. The van der Waals surface area contributed by atoms with Gasteiger partial charge in [0.15, 0.2) is 0 Å². The Kier molecular flexibility index (Phi) is 4.74. The van der Waals surface area contributed by atoms with Crippen LogP contribution in [0.5, 0.6) is 0 Å². The Morgan fingerprint density at radius 3 is 1.71 bits per heavy atom. The summed E-state index contributed by atoms with van der Waals surface area (Å²) in [5.41, 5.74) is 4.81. The summed E-state index contributed by atoms with van der Waals surface area (Å²) >= 11 is 4.06. The molecule has 1 aliphatic heterocycles. The standard InChI is InChI=1S/C22H20N4S2/c1-6-18(16-20(8-1)25-12-3-10-23-25)22(27-14-5-15-28-22)19-7-2-9-21(17-19)26-13-4-11-24-26/h1-4,6-13,16-17H,5,14-15H2. The van der Waals surface area contributed by atoms with Crippen LogP contribution in [0, 0.1) is 0 Å². The first kappa shape index (κ1) is 17.6. The quantitative estimate of drug-likeness (QED) is 0.472. The van der Waals surface area contributed by atoms with E-state index in [1.807, 2.05) is 69.8 Å². The van der Waals surface area contributed by atoms with Gasteiger partial charge in [0.25, 0.3) is 0 Å². The zero-order chi connectivity index (χ0) is 18.8. The largest absolute Gasteiger partial charge is 0.241 e. The number of nitrogens with zero attached hydrogens (tertiary/aromatic N) is 4. The average Bonchev–Trinajstić information content (AvgIpc) is 3.49. The molecule has 140 valence electrons. The molecule has 2 aromatic carbocycles. The van der Waals surface area contributed by atoms with Gasteiger partial charge >= 0.3 is 0 Å². The Morgan fingerprint density at radius 2 is 1.25 bits per heavy atom. The number of benzene rings is 2. The maximum atomic E-state index is 4.41. The Morgan fingerprint density at radius 1 is 0.714 bits per heavy atom. The second-order valence-corrected chi connectivity index (χ2v) is 9.55. The topological polar surface area (TPSA) is 35.6 Å². The van der Waals surface area contributed by atoms with E-state index in [9.17, 15) is 0 Å². The van der Waals surface area contributed by atoms with E-state index < -0.39 is 0 Å². The molecule has 0 atom stereocenters. The lowest BCUT2D eigenvalue weighted by molar-refractivity contribution is 0.870. The molecule has 5 rings (SSSR count).